The molecule has 0 radical (unpaired) electrons. The lowest BCUT2D eigenvalue weighted by Crippen LogP contribution is -2.00. The van der Waals surface area contributed by atoms with Gasteiger partial charge in [0.2, 0.25) is 0 Å². The molecule has 0 saturated heterocycles. The van der Waals surface area contributed by atoms with Crippen molar-refractivity contribution in [2.45, 2.75) is 4.90 Å². The average Bonchev–Trinajstić information content (AvgIpc) is 2.46. The Morgan fingerprint density at radius 3 is 2.36 bits per heavy atom. The number of non-ortho nitro benzene ring substituents is 1. The highest BCUT2D eigenvalue weighted by Crippen LogP contribution is 2.27. The molecule has 0 aliphatic heterocycles. The number of carbonyl (C=O) groups is 1. The van der Waals surface area contributed by atoms with Crippen LogP contribution in [0.25, 0.3) is 11.1 Å². The number of nitro groups is 1. The number of nitro benzene ring substituents is 1. The van der Waals surface area contributed by atoms with Crippen LogP contribution in [0.2, 0.25) is 0 Å². The van der Waals surface area contributed by atoms with Gasteiger partial charge in [-0.05, 0) is 29.3 Å². The van der Waals surface area contributed by atoms with Crippen LogP contribution >= 0.6 is 0 Å². The van der Waals surface area contributed by atoms with E-state index in [0.717, 1.165) is 12.3 Å². The quantitative estimate of drug-likeness (QED) is 0.683. The van der Waals surface area contributed by atoms with Crippen molar-refractivity contribution in [2.75, 3.05) is 6.26 Å². The molecule has 2 aromatic carbocycles. The summed E-state index contributed by atoms with van der Waals surface area (Å²) in [4.78, 5) is 21.3. The molecule has 0 aliphatic rings. The van der Waals surface area contributed by atoms with Crippen LogP contribution in [0, 0.1) is 10.1 Å². The molecule has 22 heavy (non-hydrogen) atoms. The number of sulfone groups is 1. The number of carboxylic acid groups (broad SMARTS) is 1. The van der Waals surface area contributed by atoms with Crippen LogP contribution in [0.15, 0.2) is 47.4 Å². The fourth-order valence-electron chi connectivity index (χ4n) is 1.91. The van der Waals surface area contributed by atoms with E-state index in [1.807, 2.05) is 0 Å². The minimum Gasteiger partial charge on any atom is -0.478 e. The van der Waals surface area contributed by atoms with Gasteiger partial charge in [-0.1, -0.05) is 12.1 Å². The Kier molecular flexibility index (Phi) is 3.96. The third-order valence-corrected chi connectivity index (χ3v) is 4.08. The minimum absolute atomic E-state index is 0.0494. The van der Waals surface area contributed by atoms with Crippen LogP contribution in [0.5, 0.6) is 0 Å². The van der Waals surface area contributed by atoms with Crippen molar-refractivity contribution >= 4 is 21.5 Å². The van der Waals surface area contributed by atoms with Crippen molar-refractivity contribution in [2.24, 2.45) is 0 Å². The monoisotopic (exact) mass is 321 g/mol. The molecule has 0 fully saturated rings. The number of hydrogen-bond donors (Lipinski definition) is 1. The van der Waals surface area contributed by atoms with Crippen LogP contribution in [0.3, 0.4) is 0 Å². The fraction of sp³-hybridized carbons (Fsp3) is 0.0714. The van der Waals surface area contributed by atoms with Crippen LogP contribution in [-0.4, -0.2) is 30.7 Å². The molecule has 0 bridgehead atoms. The van der Waals surface area contributed by atoms with Gasteiger partial charge in [0.25, 0.3) is 5.69 Å². The fourth-order valence-corrected chi connectivity index (χ4v) is 2.58. The molecule has 0 saturated carbocycles. The van der Waals surface area contributed by atoms with E-state index >= 15 is 0 Å². The summed E-state index contributed by atoms with van der Waals surface area (Å²) in [5, 5.41) is 19.9. The van der Waals surface area contributed by atoms with Crippen molar-refractivity contribution < 1.29 is 23.2 Å². The summed E-state index contributed by atoms with van der Waals surface area (Å²) in [6.45, 7) is 0. The molecule has 1 N–H and O–H groups in total. The maximum atomic E-state index is 11.6. The zero-order valence-electron chi connectivity index (χ0n) is 11.4. The standard InChI is InChI=1S/C14H11NO6S/c1-22(20,21)13-4-2-3-9(8-13)10-5-11(14(16)17)7-12(6-10)15(18)19/h2-8H,1H3,(H,16,17). The van der Waals surface area contributed by atoms with Gasteiger partial charge in [-0.25, -0.2) is 13.2 Å². The summed E-state index contributed by atoms with van der Waals surface area (Å²) in [7, 11) is -3.44. The van der Waals surface area contributed by atoms with Crippen molar-refractivity contribution in [1.29, 1.82) is 0 Å². The number of rotatable bonds is 4. The molecule has 0 aromatic heterocycles. The highest BCUT2D eigenvalue weighted by atomic mass is 32.2. The average molecular weight is 321 g/mol. The summed E-state index contributed by atoms with van der Waals surface area (Å²) in [6.07, 6.45) is 1.04. The van der Waals surface area contributed by atoms with Gasteiger partial charge in [0.1, 0.15) is 0 Å². The highest BCUT2D eigenvalue weighted by molar-refractivity contribution is 7.90. The largest absolute Gasteiger partial charge is 0.478 e. The van der Waals surface area contributed by atoms with Gasteiger partial charge in [0.05, 0.1) is 15.4 Å². The number of benzene rings is 2. The number of hydrogen-bond acceptors (Lipinski definition) is 5. The first-order valence-electron chi connectivity index (χ1n) is 6.02. The zero-order valence-corrected chi connectivity index (χ0v) is 12.2. The van der Waals surface area contributed by atoms with Gasteiger partial charge < -0.3 is 5.11 Å². The highest BCUT2D eigenvalue weighted by Gasteiger charge is 2.16. The van der Waals surface area contributed by atoms with Gasteiger partial charge in [-0.2, -0.15) is 0 Å². The molecular weight excluding hydrogens is 310 g/mol. The Labute approximate surface area is 125 Å². The van der Waals surface area contributed by atoms with Gasteiger partial charge >= 0.3 is 5.97 Å². The van der Waals surface area contributed by atoms with Gasteiger partial charge in [-0.15, -0.1) is 0 Å². The number of nitrogens with zero attached hydrogens (tertiary/aromatic N) is 1. The maximum Gasteiger partial charge on any atom is 0.335 e. The number of aromatic carboxylic acids is 1. The van der Waals surface area contributed by atoms with Crippen molar-refractivity contribution in [1.82, 2.24) is 0 Å². The Bertz CT molecular complexity index is 840. The second-order valence-electron chi connectivity index (χ2n) is 4.63. The van der Waals surface area contributed by atoms with Crippen LogP contribution in [0.1, 0.15) is 10.4 Å². The Morgan fingerprint density at radius 2 is 1.82 bits per heavy atom. The molecular formula is C14H11NO6S. The molecule has 0 spiro atoms. The maximum absolute atomic E-state index is 11.6. The third kappa shape index (κ3) is 3.29. The summed E-state index contributed by atoms with van der Waals surface area (Å²) >= 11 is 0. The second kappa shape index (κ2) is 5.57. The van der Waals surface area contributed by atoms with E-state index in [1.54, 1.807) is 6.07 Å². The van der Waals surface area contributed by atoms with E-state index in [4.69, 9.17) is 5.11 Å². The lowest BCUT2D eigenvalue weighted by atomic mass is 10.0. The predicted molar refractivity (Wildman–Crippen MR) is 78.6 cm³/mol. The molecule has 0 atom stereocenters. The van der Waals surface area contributed by atoms with E-state index in [9.17, 15) is 23.3 Å². The summed E-state index contributed by atoms with van der Waals surface area (Å²) in [6, 6.07) is 9.20. The molecule has 7 nitrogen and oxygen atoms in total. The van der Waals surface area contributed by atoms with Gasteiger partial charge in [-0.3, -0.25) is 10.1 Å². The lowest BCUT2D eigenvalue weighted by Gasteiger charge is -2.06. The van der Waals surface area contributed by atoms with Crippen LogP contribution < -0.4 is 0 Å². The normalized spacial score (nSPS) is 11.1. The Morgan fingerprint density at radius 1 is 1.14 bits per heavy atom. The Balaban J connectivity index is 2.67. The summed E-state index contributed by atoms with van der Waals surface area (Å²) in [5.41, 5.74) is 0.0276. The molecule has 0 amide bonds. The molecule has 114 valence electrons. The first kappa shape index (κ1) is 15.6. The molecule has 0 unspecified atom stereocenters. The van der Waals surface area contributed by atoms with E-state index in [-0.39, 0.29) is 21.7 Å². The van der Waals surface area contributed by atoms with Crippen LogP contribution in [-0.2, 0) is 9.84 Å². The van der Waals surface area contributed by atoms with E-state index in [0.29, 0.717) is 5.56 Å². The Hall–Kier alpha value is -2.74. The second-order valence-corrected chi connectivity index (χ2v) is 6.65. The predicted octanol–water partition coefficient (Wildman–Crippen LogP) is 2.36. The van der Waals surface area contributed by atoms with Crippen molar-refractivity contribution in [3.8, 4) is 11.1 Å². The van der Waals surface area contributed by atoms with E-state index < -0.39 is 20.7 Å². The van der Waals surface area contributed by atoms with Gasteiger partial charge in [0, 0.05) is 18.4 Å². The summed E-state index contributed by atoms with van der Waals surface area (Å²) < 4.78 is 23.1. The summed E-state index contributed by atoms with van der Waals surface area (Å²) in [5.74, 6) is -1.30. The van der Waals surface area contributed by atoms with Crippen molar-refractivity contribution in [3.05, 3.63) is 58.1 Å². The molecule has 2 rings (SSSR count). The third-order valence-electron chi connectivity index (χ3n) is 2.97. The van der Waals surface area contributed by atoms with E-state index in [2.05, 4.69) is 0 Å². The molecule has 8 heteroatoms. The zero-order chi connectivity index (χ0) is 16.5. The van der Waals surface area contributed by atoms with Crippen molar-refractivity contribution in [3.63, 3.8) is 0 Å². The van der Waals surface area contributed by atoms with Crippen LogP contribution in [0.4, 0.5) is 5.69 Å². The molecule has 0 heterocycles. The first-order chi connectivity index (χ1) is 10.2. The number of carboxylic acids is 1. The van der Waals surface area contributed by atoms with Gasteiger partial charge in [0.15, 0.2) is 9.84 Å². The van der Waals surface area contributed by atoms with E-state index in [1.165, 1.54) is 30.3 Å². The molecule has 0 aliphatic carbocycles. The smallest absolute Gasteiger partial charge is 0.335 e. The SMILES string of the molecule is CS(=O)(=O)c1cccc(-c2cc(C(=O)O)cc([N+](=O)[O-])c2)c1. The minimum atomic E-state index is -3.44. The first-order valence-corrected chi connectivity index (χ1v) is 7.91. The lowest BCUT2D eigenvalue weighted by molar-refractivity contribution is -0.384. The molecule has 2 aromatic rings. The topological polar surface area (TPSA) is 115 Å².